The van der Waals surface area contributed by atoms with Gasteiger partial charge >= 0.3 is 5.97 Å². The predicted molar refractivity (Wildman–Crippen MR) is 166 cm³/mol. The van der Waals surface area contributed by atoms with Gasteiger partial charge in [-0.05, 0) is 45.3 Å². The van der Waals surface area contributed by atoms with Crippen molar-refractivity contribution in [2.75, 3.05) is 7.11 Å². The largest absolute Gasteiger partial charge is 0.469 e. The third-order valence-electron chi connectivity index (χ3n) is 16.3. The van der Waals surface area contributed by atoms with Crippen LogP contribution in [0.3, 0.4) is 0 Å². The zero-order valence-electron chi connectivity index (χ0n) is 26.3. The molecule has 0 aliphatic heterocycles. The molecule has 5 heteroatoms. The quantitative estimate of drug-likeness (QED) is 0.131. The van der Waals surface area contributed by atoms with Crippen LogP contribution in [0.1, 0.15) is 68.7 Å². The van der Waals surface area contributed by atoms with Crippen molar-refractivity contribution in [2.24, 2.45) is 45.3 Å². The van der Waals surface area contributed by atoms with Gasteiger partial charge in [-0.1, -0.05) is 135 Å². The topological polar surface area (TPSA) is 26.3 Å². The van der Waals surface area contributed by atoms with Crippen LogP contribution in [0.2, 0.25) is 72.5 Å². The van der Waals surface area contributed by atoms with Gasteiger partial charge in [0.1, 0.15) is 0 Å². The summed E-state index contributed by atoms with van der Waals surface area (Å²) in [5.41, 5.74) is 2.27. The van der Waals surface area contributed by atoms with Crippen LogP contribution in [-0.4, -0.2) is 37.3 Å². The molecule has 0 spiro atoms. The highest BCUT2D eigenvalue weighted by Crippen LogP contribution is 3.21. The van der Waals surface area contributed by atoms with Crippen molar-refractivity contribution >= 4 is 30.2 Å². The van der Waals surface area contributed by atoms with Crippen LogP contribution in [-0.2, 0) is 9.53 Å². The zero-order valence-corrected chi connectivity index (χ0v) is 29.3. The number of esters is 1. The molecular formula is C32H60O2Si3. The van der Waals surface area contributed by atoms with E-state index in [-0.39, 0.29) is 5.97 Å². The summed E-state index contributed by atoms with van der Waals surface area (Å²) in [7, 11) is -2.09. The minimum Gasteiger partial charge on any atom is -0.469 e. The Balaban J connectivity index is 1.59. The van der Waals surface area contributed by atoms with E-state index < -0.39 is 24.2 Å². The maximum absolute atomic E-state index is 13.0. The molecule has 0 aromatic heterocycles. The van der Waals surface area contributed by atoms with E-state index in [4.69, 9.17) is 4.74 Å². The lowest BCUT2D eigenvalue weighted by Gasteiger charge is -3.21. The van der Waals surface area contributed by atoms with Gasteiger partial charge in [-0.3, -0.25) is 4.79 Å². The number of carbonyl (C=O) groups excluding carboxylic acids is 1. The third-order valence-corrected chi connectivity index (χ3v) is 33.8. The second-order valence-electron chi connectivity index (χ2n) is 15.0. The summed E-state index contributed by atoms with van der Waals surface area (Å²) in [6.45, 7) is 22.8. The van der Waals surface area contributed by atoms with Crippen LogP contribution in [0.15, 0.2) is 0 Å². The molecule has 0 N–H and O–H groups in total. The molecule has 0 amide bonds. The van der Waals surface area contributed by atoms with Crippen LogP contribution in [0.25, 0.3) is 0 Å². The highest BCUT2D eigenvalue weighted by atomic mass is 28.3. The first kappa shape index (κ1) is 28.6. The maximum Gasteiger partial charge on any atom is 0.306 e. The molecule has 2 nitrogen and oxygen atoms in total. The number of rotatable bonds is 17. The first-order valence-electron chi connectivity index (χ1n) is 16.7. The summed E-state index contributed by atoms with van der Waals surface area (Å²) in [5.74, 6) is 3.87. The van der Waals surface area contributed by atoms with Gasteiger partial charge in [0.2, 0.25) is 0 Å². The maximum atomic E-state index is 13.0. The Labute approximate surface area is 232 Å². The van der Waals surface area contributed by atoms with E-state index in [1.807, 2.05) is 0 Å². The van der Waals surface area contributed by atoms with Crippen LogP contribution >= 0.6 is 0 Å². The van der Waals surface area contributed by atoms with Gasteiger partial charge < -0.3 is 4.74 Å². The molecule has 0 aromatic carbocycles. The van der Waals surface area contributed by atoms with Gasteiger partial charge in [0.25, 0.3) is 0 Å². The van der Waals surface area contributed by atoms with E-state index in [0.29, 0.717) is 21.7 Å². The van der Waals surface area contributed by atoms with Gasteiger partial charge in [0.15, 0.2) is 0 Å². The Morgan fingerprint density at radius 1 is 0.514 bits per heavy atom. The van der Waals surface area contributed by atoms with Gasteiger partial charge in [-0.15, -0.1) is 0 Å². The van der Waals surface area contributed by atoms with E-state index >= 15 is 0 Å². The van der Waals surface area contributed by atoms with E-state index in [1.165, 1.54) is 54.4 Å². The monoisotopic (exact) mass is 560 g/mol. The summed E-state index contributed by atoms with van der Waals surface area (Å²) in [6, 6.07) is 18.0. The number of hydrogen-bond acceptors (Lipinski definition) is 2. The summed E-state index contributed by atoms with van der Waals surface area (Å²) in [5, 5.41) is 0. The average molecular weight is 561 g/mol. The standard InChI is InChI=1S/C32H60O2Si3/c1-11-35(12-2,13-3)21-30-27-25-29(30,20-24(33)34-10)26-28(30)32(27,23-37(17-7,18-8)19-9)31(25,26)22-36(14-4,15-5)16-6/h25-28H,11-23H2,1-10H3. The van der Waals surface area contributed by atoms with Crippen molar-refractivity contribution in [2.45, 2.75) is 141 Å². The molecule has 0 bridgehead atoms. The Morgan fingerprint density at radius 3 is 1.00 bits per heavy atom. The van der Waals surface area contributed by atoms with Crippen molar-refractivity contribution in [1.82, 2.24) is 0 Å². The number of hydrogen-bond donors (Lipinski definition) is 0. The lowest BCUT2D eigenvalue weighted by Crippen LogP contribution is -3.18. The molecule has 4 unspecified atom stereocenters. The third kappa shape index (κ3) is 2.64. The summed E-state index contributed by atoms with van der Waals surface area (Å²) in [6.07, 6.45) is 0.766. The molecule has 6 rings (SSSR count). The molecule has 37 heavy (non-hydrogen) atoms. The molecular weight excluding hydrogens is 501 g/mol. The molecule has 6 saturated carbocycles. The van der Waals surface area contributed by atoms with Gasteiger partial charge in [0.05, 0.1) is 37.8 Å². The fourth-order valence-electron chi connectivity index (χ4n) is 13.8. The summed E-state index contributed by atoms with van der Waals surface area (Å²) >= 11 is 0. The van der Waals surface area contributed by atoms with Crippen molar-refractivity contribution in [1.29, 1.82) is 0 Å². The number of methoxy groups -OCH3 is 1. The molecule has 0 saturated heterocycles. The first-order valence-corrected chi connectivity index (χ1v) is 25.2. The van der Waals surface area contributed by atoms with Crippen molar-refractivity contribution in [3.63, 3.8) is 0 Å². The van der Waals surface area contributed by atoms with Crippen LogP contribution < -0.4 is 0 Å². The molecule has 0 aromatic rings. The second-order valence-corrected chi connectivity index (χ2v) is 31.5. The van der Waals surface area contributed by atoms with Gasteiger partial charge in [-0.25, -0.2) is 0 Å². The minimum absolute atomic E-state index is 0.111. The Morgan fingerprint density at radius 2 is 0.757 bits per heavy atom. The SMILES string of the molecule is CC[Si](CC)(CC)CC12C3C4C1(CC(=O)OC)C1C2C3(C[Si](CC)(CC)CC)C41C[Si](CC)(CC)CC. The second kappa shape index (κ2) is 8.81. The molecule has 4 atom stereocenters. The molecule has 6 fully saturated rings. The highest BCUT2D eigenvalue weighted by Gasteiger charge is 3.18. The van der Waals surface area contributed by atoms with E-state index in [1.54, 1.807) is 25.2 Å². The average Bonchev–Trinajstić information content (AvgIpc) is 2.95. The fraction of sp³-hybridized carbons (Fsp3) is 0.969. The first-order chi connectivity index (χ1) is 17.6. The number of carbonyl (C=O) groups is 1. The summed E-state index contributed by atoms with van der Waals surface area (Å²) in [4.78, 5) is 13.0. The normalized spacial score (nSPS) is 42.1. The molecule has 0 heterocycles. The fourth-order valence-corrected chi connectivity index (χ4v) is 26.6. The molecule has 6 aliphatic rings. The predicted octanol–water partition coefficient (Wildman–Crippen LogP) is 9.55. The lowest BCUT2D eigenvalue weighted by molar-refractivity contribution is -0.728. The number of ether oxygens (including phenoxy) is 1. The molecule has 212 valence electrons. The Bertz CT molecular complexity index is 870. The van der Waals surface area contributed by atoms with Crippen LogP contribution in [0.5, 0.6) is 0 Å². The van der Waals surface area contributed by atoms with Gasteiger partial charge in [0, 0.05) is 0 Å². The Hall–Kier alpha value is 0.121. The van der Waals surface area contributed by atoms with Crippen LogP contribution in [0, 0.1) is 45.3 Å². The van der Waals surface area contributed by atoms with Crippen molar-refractivity contribution in [3.05, 3.63) is 0 Å². The minimum atomic E-state index is -1.27. The molecule has 6 aliphatic carbocycles. The summed E-state index contributed by atoms with van der Waals surface area (Å²) < 4.78 is 5.43. The van der Waals surface area contributed by atoms with Crippen molar-refractivity contribution in [3.8, 4) is 0 Å². The van der Waals surface area contributed by atoms with E-state index in [2.05, 4.69) is 62.3 Å². The van der Waals surface area contributed by atoms with E-state index in [9.17, 15) is 4.79 Å². The Kier molecular flexibility index (Phi) is 6.82. The molecule has 0 radical (unpaired) electrons. The lowest BCUT2D eigenvalue weighted by atomic mass is 8.84. The smallest absolute Gasteiger partial charge is 0.306 e. The zero-order chi connectivity index (χ0) is 27.3. The highest BCUT2D eigenvalue weighted by molar-refractivity contribution is 6.81. The van der Waals surface area contributed by atoms with E-state index in [0.717, 1.165) is 30.1 Å². The van der Waals surface area contributed by atoms with Crippen LogP contribution in [0.4, 0.5) is 0 Å². The van der Waals surface area contributed by atoms with Crippen molar-refractivity contribution < 1.29 is 9.53 Å². The van der Waals surface area contributed by atoms with Gasteiger partial charge in [-0.2, -0.15) is 0 Å².